The Morgan fingerprint density at radius 2 is 1.77 bits per heavy atom. The molecule has 0 radical (unpaired) electrons. The first kappa shape index (κ1) is 19.2. The van der Waals surface area contributed by atoms with Crippen molar-refractivity contribution in [1.29, 1.82) is 0 Å². The fourth-order valence-corrected chi connectivity index (χ4v) is 1.98. The SMILES string of the molecule is C=CCNC(=O)C(=O)NN=Cc1ccc(OCc2ccc(Cl)cc2)cc1. The molecule has 0 aliphatic rings. The number of rotatable bonds is 7. The fourth-order valence-electron chi connectivity index (χ4n) is 1.86. The van der Waals surface area contributed by atoms with E-state index in [2.05, 4.69) is 22.4 Å². The van der Waals surface area contributed by atoms with E-state index in [0.29, 0.717) is 17.4 Å². The van der Waals surface area contributed by atoms with E-state index in [1.807, 2.05) is 24.3 Å². The lowest BCUT2D eigenvalue weighted by Gasteiger charge is -2.06. The topological polar surface area (TPSA) is 79.8 Å². The van der Waals surface area contributed by atoms with Crippen LogP contribution in [0.4, 0.5) is 0 Å². The van der Waals surface area contributed by atoms with Crippen LogP contribution < -0.4 is 15.5 Å². The van der Waals surface area contributed by atoms with Gasteiger partial charge in [-0.05, 0) is 47.5 Å². The van der Waals surface area contributed by atoms with Crippen molar-refractivity contribution in [1.82, 2.24) is 10.7 Å². The lowest BCUT2D eigenvalue weighted by atomic mass is 10.2. The van der Waals surface area contributed by atoms with E-state index in [9.17, 15) is 9.59 Å². The summed E-state index contributed by atoms with van der Waals surface area (Å²) >= 11 is 5.84. The molecule has 6 nitrogen and oxygen atoms in total. The van der Waals surface area contributed by atoms with Crippen molar-refractivity contribution < 1.29 is 14.3 Å². The van der Waals surface area contributed by atoms with Crippen LogP contribution in [0.1, 0.15) is 11.1 Å². The Morgan fingerprint density at radius 3 is 2.42 bits per heavy atom. The van der Waals surface area contributed by atoms with Gasteiger partial charge in [-0.25, -0.2) is 5.43 Å². The first-order valence-electron chi connectivity index (χ1n) is 7.78. The van der Waals surface area contributed by atoms with Crippen molar-refractivity contribution in [2.75, 3.05) is 6.54 Å². The number of halogens is 1. The van der Waals surface area contributed by atoms with Gasteiger partial charge >= 0.3 is 11.8 Å². The number of benzene rings is 2. The lowest BCUT2D eigenvalue weighted by Crippen LogP contribution is -2.37. The summed E-state index contributed by atoms with van der Waals surface area (Å²) in [7, 11) is 0. The highest BCUT2D eigenvalue weighted by molar-refractivity contribution is 6.35. The molecule has 0 aliphatic heterocycles. The maximum absolute atomic E-state index is 11.4. The molecule has 2 aromatic carbocycles. The van der Waals surface area contributed by atoms with Gasteiger partial charge < -0.3 is 10.1 Å². The molecule has 0 atom stereocenters. The van der Waals surface area contributed by atoms with Crippen molar-refractivity contribution >= 4 is 29.6 Å². The zero-order valence-electron chi connectivity index (χ0n) is 13.9. The minimum atomic E-state index is -0.842. The number of ether oxygens (including phenoxy) is 1. The summed E-state index contributed by atoms with van der Waals surface area (Å²) in [6.45, 7) is 4.09. The summed E-state index contributed by atoms with van der Waals surface area (Å²) in [5.74, 6) is -0.913. The van der Waals surface area contributed by atoms with Crippen LogP contribution in [0, 0.1) is 0 Å². The van der Waals surface area contributed by atoms with Crippen LogP contribution >= 0.6 is 11.6 Å². The summed E-state index contributed by atoms with van der Waals surface area (Å²) in [5, 5.41) is 6.77. The number of amides is 2. The molecular formula is C19H18ClN3O3. The summed E-state index contributed by atoms with van der Waals surface area (Å²) in [5.41, 5.74) is 3.91. The minimum absolute atomic E-state index is 0.216. The monoisotopic (exact) mass is 371 g/mol. The molecule has 0 saturated carbocycles. The highest BCUT2D eigenvalue weighted by Crippen LogP contribution is 2.15. The number of nitrogens with zero attached hydrogens (tertiary/aromatic N) is 1. The quantitative estimate of drug-likeness (QED) is 0.340. The maximum atomic E-state index is 11.4. The molecule has 2 rings (SSSR count). The van der Waals surface area contributed by atoms with E-state index in [1.54, 1.807) is 24.3 Å². The second kappa shape index (κ2) is 10.0. The molecule has 0 bridgehead atoms. The summed E-state index contributed by atoms with van der Waals surface area (Å²) < 4.78 is 5.68. The molecule has 0 spiro atoms. The molecule has 2 N–H and O–H groups in total. The van der Waals surface area contributed by atoms with Gasteiger partial charge in [-0.1, -0.05) is 29.8 Å². The molecule has 0 fully saturated rings. The number of hydrazone groups is 1. The van der Waals surface area contributed by atoms with Gasteiger partial charge in [0.1, 0.15) is 12.4 Å². The average Bonchev–Trinajstić information content (AvgIpc) is 2.66. The molecule has 0 saturated heterocycles. The van der Waals surface area contributed by atoms with Crippen LogP contribution in [0.3, 0.4) is 0 Å². The Labute approximate surface area is 156 Å². The number of carbonyl (C=O) groups excluding carboxylic acids is 2. The molecule has 0 unspecified atom stereocenters. The smallest absolute Gasteiger partial charge is 0.329 e. The van der Waals surface area contributed by atoms with Crippen LogP contribution in [-0.4, -0.2) is 24.6 Å². The normalized spacial score (nSPS) is 10.3. The molecule has 0 aliphatic carbocycles. The van der Waals surface area contributed by atoms with Crippen molar-refractivity contribution in [3.63, 3.8) is 0 Å². The fraction of sp³-hybridized carbons (Fsp3) is 0.105. The second-order valence-electron chi connectivity index (χ2n) is 5.18. The maximum Gasteiger partial charge on any atom is 0.329 e. The lowest BCUT2D eigenvalue weighted by molar-refractivity contribution is -0.139. The van der Waals surface area contributed by atoms with E-state index >= 15 is 0 Å². The second-order valence-corrected chi connectivity index (χ2v) is 5.62. The van der Waals surface area contributed by atoms with Crippen molar-refractivity contribution in [2.45, 2.75) is 6.61 Å². The first-order valence-corrected chi connectivity index (χ1v) is 8.15. The number of nitrogens with one attached hydrogen (secondary N) is 2. The van der Waals surface area contributed by atoms with Gasteiger partial charge in [0, 0.05) is 11.6 Å². The van der Waals surface area contributed by atoms with Gasteiger partial charge in [0.25, 0.3) is 0 Å². The van der Waals surface area contributed by atoms with E-state index < -0.39 is 11.8 Å². The number of hydrogen-bond acceptors (Lipinski definition) is 4. The van der Waals surface area contributed by atoms with Gasteiger partial charge in [0.2, 0.25) is 0 Å². The third-order valence-electron chi connectivity index (χ3n) is 3.19. The zero-order valence-corrected chi connectivity index (χ0v) is 14.7. The van der Waals surface area contributed by atoms with Crippen molar-refractivity contribution in [3.8, 4) is 5.75 Å². The predicted octanol–water partition coefficient (Wildman–Crippen LogP) is 2.67. The van der Waals surface area contributed by atoms with Crippen molar-refractivity contribution in [3.05, 3.63) is 77.3 Å². The Hall–Kier alpha value is -3.12. The molecule has 2 aromatic rings. The molecule has 2 amide bonds. The van der Waals surface area contributed by atoms with E-state index in [0.717, 1.165) is 11.1 Å². The minimum Gasteiger partial charge on any atom is -0.489 e. The molecule has 0 heterocycles. The Morgan fingerprint density at radius 1 is 1.08 bits per heavy atom. The van der Waals surface area contributed by atoms with Gasteiger partial charge in [-0.15, -0.1) is 6.58 Å². The summed E-state index contributed by atoms with van der Waals surface area (Å²) in [6, 6.07) is 14.6. The van der Waals surface area contributed by atoms with Crippen LogP contribution in [0.5, 0.6) is 5.75 Å². The molecule has 26 heavy (non-hydrogen) atoms. The molecule has 134 valence electrons. The number of carbonyl (C=O) groups is 2. The molecular weight excluding hydrogens is 354 g/mol. The van der Waals surface area contributed by atoms with Crippen LogP contribution in [0.25, 0.3) is 0 Å². The van der Waals surface area contributed by atoms with Crippen LogP contribution in [-0.2, 0) is 16.2 Å². The summed E-state index contributed by atoms with van der Waals surface area (Å²) in [4.78, 5) is 22.8. The van der Waals surface area contributed by atoms with Crippen LogP contribution in [0.15, 0.2) is 66.3 Å². The molecule has 0 aromatic heterocycles. The average molecular weight is 372 g/mol. The van der Waals surface area contributed by atoms with E-state index in [4.69, 9.17) is 16.3 Å². The standard InChI is InChI=1S/C19H18ClN3O3/c1-2-11-21-18(24)19(25)23-22-12-14-5-9-17(10-6-14)26-13-15-3-7-16(20)8-4-15/h2-10,12H,1,11,13H2,(H,21,24)(H,23,25). The van der Waals surface area contributed by atoms with E-state index in [1.165, 1.54) is 12.3 Å². The van der Waals surface area contributed by atoms with Gasteiger partial charge in [-0.2, -0.15) is 5.10 Å². The largest absolute Gasteiger partial charge is 0.489 e. The highest BCUT2D eigenvalue weighted by Gasteiger charge is 2.10. The first-order chi connectivity index (χ1) is 12.6. The Bertz CT molecular complexity index is 787. The summed E-state index contributed by atoms with van der Waals surface area (Å²) in [6.07, 6.45) is 2.91. The Kier molecular flexibility index (Phi) is 7.39. The van der Waals surface area contributed by atoms with Gasteiger partial charge in [0.05, 0.1) is 6.21 Å². The Balaban J connectivity index is 1.81. The highest BCUT2D eigenvalue weighted by atomic mass is 35.5. The number of hydrogen-bond donors (Lipinski definition) is 2. The zero-order chi connectivity index (χ0) is 18.8. The van der Waals surface area contributed by atoms with Crippen molar-refractivity contribution in [2.24, 2.45) is 5.10 Å². The predicted molar refractivity (Wildman–Crippen MR) is 101 cm³/mol. The van der Waals surface area contributed by atoms with Gasteiger partial charge in [-0.3, -0.25) is 9.59 Å². The van der Waals surface area contributed by atoms with Crippen LogP contribution in [0.2, 0.25) is 5.02 Å². The van der Waals surface area contributed by atoms with Gasteiger partial charge in [0.15, 0.2) is 0 Å². The van der Waals surface area contributed by atoms with E-state index in [-0.39, 0.29) is 6.54 Å². The third kappa shape index (κ3) is 6.41. The molecule has 7 heteroatoms. The third-order valence-corrected chi connectivity index (χ3v) is 3.44.